The second-order valence-electron chi connectivity index (χ2n) is 2.17. The van der Waals surface area contributed by atoms with E-state index >= 15 is 0 Å². The zero-order valence-electron chi connectivity index (χ0n) is 5.15. The molecule has 0 aromatic heterocycles. The van der Waals surface area contributed by atoms with Crippen LogP contribution in [0.1, 0.15) is 12.8 Å². The van der Waals surface area contributed by atoms with Gasteiger partial charge in [0.05, 0.1) is 12.2 Å². The second-order valence-corrected chi connectivity index (χ2v) is 2.92. The van der Waals surface area contributed by atoms with Crippen molar-refractivity contribution in [3.05, 3.63) is 0 Å². The van der Waals surface area contributed by atoms with E-state index in [0.29, 0.717) is 24.0 Å². The summed E-state index contributed by atoms with van der Waals surface area (Å²) >= 11 is 11.0. The van der Waals surface area contributed by atoms with Crippen LogP contribution in [-0.2, 0) is 4.74 Å². The predicted molar refractivity (Wildman–Crippen MR) is 39.3 cm³/mol. The number of epoxide rings is 1. The quantitative estimate of drug-likeness (QED) is 0.463. The molecule has 3 heteroatoms. The fraction of sp³-hybridized carbons (Fsp3) is 1.00. The van der Waals surface area contributed by atoms with Crippen molar-refractivity contribution in [3.8, 4) is 0 Å². The van der Waals surface area contributed by atoms with Crippen molar-refractivity contribution in [2.45, 2.75) is 25.0 Å². The lowest BCUT2D eigenvalue weighted by Crippen LogP contribution is -1.94. The normalized spacial score (nSPS) is 32.7. The van der Waals surface area contributed by atoms with Crippen LogP contribution in [0.4, 0.5) is 0 Å². The maximum absolute atomic E-state index is 5.49. The summed E-state index contributed by atoms with van der Waals surface area (Å²) in [6.45, 7) is 0. The van der Waals surface area contributed by atoms with Gasteiger partial charge in [-0.3, -0.25) is 0 Å². The molecule has 1 heterocycles. The van der Waals surface area contributed by atoms with Crippen LogP contribution >= 0.6 is 23.2 Å². The molecule has 1 fully saturated rings. The van der Waals surface area contributed by atoms with E-state index in [4.69, 9.17) is 27.9 Å². The number of alkyl halides is 2. The van der Waals surface area contributed by atoms with Crippen molar-refractivity contribution >= 4 is 23.2 Å². The molecule has 1 aliphatic heterocycles. The number of hydrogen-bond donors (Lipinski definition) is 0. The molecule has 0 aliphatic carbocycles. The van der Waals surface area contributed by atoms with Crippen LogP contribution in [0.2, 0.25) is 0 Å². The first kappa shape index (κ1) is 7.64. The van der Waals surface area contributed by atoms with E-state index < -0.39 is 0 Å². The Morgan fingerprint density at radius 2 is 1.44 bits per heavy atom. The van der Waals surface area contributed by atoms with Gasteiger partial charge in [-0.15, -0.1) is 23.2 Å². The van der Waals surface area contributed by atoms with Crippen LogP contribution in [0, 0.1) is 0 Å². The molecule has 1 saturated heterocycles. The summed E-state index contributed by atoms with van der Waals surface area (Å²) in [5, 5.41) is 0. The van der Waals surface area contributed by atoms with E-state index in [-0.39, 0.29) is 0 Å². The predicted octanol–water partition coefficient (Wildman–Crippen LogP) is 2.01. The van der Waals surface area contributed by atoms with Crippen LogP contribution < -0.4 is 0 Å². The molecule has 0 radical (unpaired) electrons. The standard InChI is InChI=1S/C6H10Cl2O/c7-3-1-5-6(9-5)2-4-8/h5-6H,1-4H2. The van der Waals surface area contributed by atoms with E-state index in [1.807, 2.05) is 0 Å². The molecule has 9 heavy (non-hydrogen) atoms. The van der Waals surface area contributed by atoms with Crippen LogP contribution in [0.15, 0.2) is 0 Å². The summed E-state index contributed by atoms with van der Waals surface area (Å²) in [6, 6.07) is 0. The summed E-state index contributed by atoms with van der Waals surface area (Å²) in [7, 11) is 0. The Hall–Kier alpha value is 0.540. The highest BCUT2D eigenvalue weighted by Gasteiger charge is 2.36. The zero-order chi connectivity index (χ0) is 6.69. The minimum Gasteiger partial charge on any atom is -0.370 e. The molecule has 1 nitrogen and oxygen atoms in total. The molecule has 0 amide bonds. The van der Waals surface area contributed by atoms with Gasteiger partial charge < -0.3 is 4.74 Å². The molecule has 0 bridgehead atoms. The monoisotopic (exact) mass is 168 g/mol. The van der Waals surface area contributed by atoms with Crippen LogP contribution in [-0.4, -0.2) is 24.0 Å². The van der Waals surface area contributed by atoms with Gasteiger partial charge in [-0.25, -0.2) is 0 Å². The first-order valence-corrected chi connectivity index (χ1v) is 4.22. The maximum atomic E-state index is 5.49. The Morgan fingerprint density at radius 1 is 1.00 bits per heavy atom. The SMILES string of the molecule is ClCCC1OC1CCCl. The molecular weight excluding hydrogens is 159 g/mol. The number of halogens is 2. The Bertz CT molecular complexity index is 77.1. The highest BCUT2D eigenvalue weighted by atomic mass is 35.5. The van der Waals surface area contributed by atoms with Gasteiger partial charge in [0, 0.05) is 11.8 Å². The average Bonchev–Trinajstić information content (AvgIpc) is 2.50. The van der Waals surface area contributed by atoms with E-state index in [2.05, 4.69) is 0 Å². The summed E-state index contributed by atoms with van der Waals surface area (Å²) in [5.74, 6) is 1.40. The third kappa shape index (κ3) is 2.32. The van der Waals surface area contributed by atoms with Gasteiger partial charge in [-0.05, 0) is 12.8 Å². The van der Waals surface area contributed by atoms with Crippen molar-refractivity contribution in [2.24, 2.45) is 0 Å². The van der Waals surface area contributed by atoms with Gasteiger partial charge in [0.2, 0.25) is 0 Å². The van der Waals surface area contributed by atoms with Crippen molar-refractivity contribution < 1.29 is 4.74 Å². The largest absolute Gasteiger partial charge is 0.370 e. The van der Waals surface area contributed by atoms with E-state index in [0.717, 1.165) is 12.8 Å². The van der Waals surface area contributed by atoms with Crippen LogP contribution in [0.5, 0.6) is 0 Å². The van der Waals surface area contributed by atoms with Gasteiger partial charge in [0.1, 0.15) is 0 Å². The number of ether oxygens (including phenoxy) is 1. The Balaban J connectivity index is 1.96. The van der Waals surface area contributed by atoms with Crippen molar-refractivity contribution in [3.63, 3.8) is 0 Å². The lowest BCUT2D eigenvalue weighted by Gasteiger charge is -1.85. The fourth-order valence-electron chi connectivity index (χ4n) is 0.902. The molecule has 0 spiro atoms. The molecule has 0 aromatic carbocycles. The van der Waals surface area contributed by atoms with Crippen molar-refractivity contribution in [2.75, 3.05) is 11.8 Å². The van der Waals surface area contributed by atoms with Crippen molar-refractivity contribution in [1.82, 2.24) is 0 Å². The lowest BCUT2D eigenvalue weighted by molar-refractivity contribution is 0.364. The van der Waals surface area contributed by atoms with Gasteiger partial charge in [0.25, 0.3) is 0 Å². The van der Waals surface area contributed by atoms with Gasteiger partial charge in [0.15, 0.2) is 0 Å². The highest BCUT2D eigenvalue weighted by molar-refractivity contribution is 6.18. The van der Waals surface area contributed by atoms with Crippen LogP contribution in [0.25, 0.3) is 0 Å². The van der Waals surface area contributed by atoms with E-state index in [9.17, 15) is 0 Å². The summed E-state index contributed by atoms with van der Waals surface area (Å²) in [5.41, 5.74) is 0. The van der Waals surface area contributed by atoms with Gasteiger partial charge >= 0.3 is 0 Å². The number of rotatable bonds is 4. The lowest BCUT2D eigenvalue weighted by atomic mass is 10.2. The molecular formula is C6H10Cl2O. The molecule has 2 atom stereocenters. The second kappa shape index (κ2) is 3.65. The third-order valence-electron chi connectivity index (χ3n) is 1.47. The molecule has 0 N–H and O–H groups in total. The average molecular weight is 169 g/mol. The zero-order valence-corrected chi connectivity index (χ0v) is 6.66. The van der Waals surface area contributed by atoms with E-state index in [1.165, 1.54) is 0 Å². The van der Waals surface area contributed by atoms with E-state index in [1.54, 1.807) is 0 Å². The fourth-order valence-corrected chi connectivity index (χ4v) is 1.33. The maximum Gasteiger partial charge on any atom is 0.0853 e. The molecule has 2 unspecified atom stereocenters. The Labute approximate surface area is 65.3 Å². The smallest absolute Gasteiger partial charge is 0.0853 e. The van der Waals surface area contributed by atoms with Crippen LogP contribution in [0.3, 0.4) is 0 Å². The number of hydrogen-bond acceptors (Lipinski definition) is 1. The first-order chi connectivity index (χ1) is 4.38. The minimum atomic E-state index is 0.418. The first-order valence-electron chi connectivity index (χ1n) is 3.16. The van der Waals surface area contributed by atoms with Gasteiger partial charge in [-0.2, -0.15) is 0 Å². The Morgan fingerprint density at radius 3 is 1.78 bits per heavy atom. The molecule has 1 aliphatic rings. The highest BCUT2D eigenvalue weighted by Crippen LogP contribution is 2.28. The summed E-state index contributed by atoms with van der Waals surface area (Å²) in [4.78, 5) is 0. The molecule has 0 aromatic rings. The Kier molecular flexibility index (Phi) is 3.10. The molecule has 1 rings (SSSR count). The minimum absolute atomic E-state index is 0.418. The summed E-state index contributed by atoms with van der Waals surface area (Å²) < 4.78 is 5.23. The van der Waals surface area contributed by atoms with Gasteiger partial charge in [-0.1, -0.05) is 0 Å². The van der Waals surface area contributed by atoms with Crippen molar-refractivity contribution in [1.29, 1.82) is 0 Å². The molecule has 0 saturated carbocycles. The topological polar surface area (TPSA) is 12.5 Å². The third-order valence-corrected chi connectivity index (χ3v) is 1.91. The summed E-state index contributed by atoms with van der Waals surface area (Å²) in [6.07, 6.45) is 2.79. The molecule has 54 valence electrons.